The first-order valence-corrected chi connectivity index (χ1v) is 4.41. The number of H-pyrrole nitrogens is 1. The maximum absolute atomic E-state index is 11.8. The van der Waals surface area contributed by atoms with Crippen LogP contribution in [-0.2, 0) is 0 Å². The molecular formula is C10H16N2O. The molecule has 0 atom stereocenters. The van der Waals surface area contributed by atoms with Crippen LogP contribution in [0.4, 0.5) is 0 Å². The van der Waals surface area contributed by atoms with Gasteiger partial charge < -0.3 is 10.3 Å². The van der Waals surface area contributed by atoms with Gasteiger partial charge in [-0.15, -0.1) is 0 Å². The van der Waals surface area contributed by atoms with Crippen molar-refractivity contribution < 1.29 is 4.79 Å². The summed E-state index contributed by atoms with van der Waals surface area (Å²) in [6, 6.07) is 3.64. The summed E-state index contributed by atoms with van der Waals surface area (Å²) in [6.45, 7) is 4.56. The van der Waals surface area contributed by atoms with Crippen LogP contribution in [0.2, 0.25) is 0 Å². The van der Waals surface area contributed by atoms with Crippen molar-refractivity contribution >= 4 is 5.78 Å². The fraction of sp³-hybridized carbons (Fsp3) is 0.500. The normalized spacial score (nSPS) is 11.6. The summed E-state index contributed by atoms with van der Waals surface area (Å²) in [7, 11) is 1.85. The molecule has 1 aromatic heterocycles. The van der Waals surface area contributed by atoms with Crippen LogP contribution in [0, 0.1) is 5.41 Å². The maximum Gasteiger partial charge on any atom is 0.185 e. The van der Waals surface area contributed by atoms with E-state index in [9.17, 15) is 4.79 Å². The van der Waals surface area contributed by atoms with E-state index >= 15 is 0 Å². The van der Waals surface area contributed by atoms with Gasteiger partial charge in [-0.2, -0.15) is 0 Å². The fourth-order valence-corrected chi connectivity index (χ4v) is 1.36. The Morgan fingerprint density at radius 1 is 1.62 bits per heavy atom. The predicted molar refractivity (Wildman–Crippen MR) is 52.8 cm³/mol. The van der Waals surface area contributed by atoms with Crippen LogP contribution < -0.4 is 5.32 Å². The molecule has 3 heteroatoms. The Balaban J connectivity index is 2.78. The highest BCUT2D eigenvalue weighted by molar-refractivity contribution is 5.98. The average molecular weight is 180 g/mol. The molecule has 72 valence electrons. The number of nitrogens with one attached hydrogen (secondary N) is 2. The highest BCUT2D eigenvalue weighted by atomic mass is 16.1. The van der Waals surface area contributed by atoms with Gasteiger partial charge in [0.1, 0.15) is 0 Å². The monoisotopic (exact) mass is 180 g/mol. The number of aromatic amines is 1. The molecule has 3 nitrogen and oxygen atoms in total. The highest BCUT2D eigenvalue weighted by Crippen LogP contribution is 2.19. The van der Waals surface area contributed by atoms with E-state index in [1.807, 2.05) is 27.0 Å². The second-order valence-corrected chi connectivity index (χ2v) is 3.83. The van der Waals surface area contributed by atoms with Gasteiger partial charge in [-0.25, -0.2) is 0 Å². The van der Waals surface area contributed by atoms with Crippen LogP contribution in [-0.4, -0.2) is 24.4 Å². The van der Waals surface area contributed by atoms with Crippen LogP contribution in [0.3, 0.4) is 0 Å². The molecule has 0 bridgehead atoms. The van der Waals surface area contributed by atoms with Crippen molar-refractivity contribution in [3.8, 4) is 0 Å². The molecule has 0 radical (unpaired) electrons. The third-order valence-corrected chi connectivity index (χ3v) is 2.08. The standard InChI is InChI=1S/C10H16N2O/c1-10(2,7-11-3)9(13)8-5-4-6-12-8/h4-6,11-12H,7H2,1-3H3. The lowest BCUT2D eigenvalue weighted by molar-refractivity contribution is 0.0834. The summed E-state index contributed by atoms with van der Waals surface area (Å²) in [6.07, 6.45) is 1.77. The van der Waals surface area contributed by atoms with Gasteiger partial charge in [0.15, 0.2) is 5.78 Å². The SMILES string of the molecule is CNCC(C)(C)C(=O)c1ccc[nH]1. The number of aromatic nitrogens is 1. The number of hydrogen-bond donors (Lipinski definition) is 2. The smallest absolute Gasteiger partial charge is 0.185 e. The van der Waals surface area contributed by atoms with Crippen molar-refractivity contribution in [3.05, 3.63) is 24.0 Å². The van der Waals surface area contributed by atoms with Crippen LogP contribution in [0.5, 0.6) is 0 Å². The van der Waals surface area contributed by atoms with Crippen molar-refractivity contribution in [1.82, 2.24) is 10.3 Å². The van der Waals surface area contributed by atoms with E-state index in [4.69, 9.17) is 0 Å². The molecule has 0 fully saturated rings. The summed E-state index contributed by atoms with van der Waals surface area (Å²) in [5, 5.41) is 3.02. The van der Waals surface area contributed by atoms with Gasteiger partial charge in [-0.05, 0) is 19.2 Å². The zero-order valence-electron chi connectivity index (χ0n) is 8.35. The zero-order chi connectivity index (χ0) is 9.90. The zero-order valence-corrected chi connectivity index (χ0v) is 8.35. The van der Waals surface area contributed by atoms with E-state index in [-0.39, 0.29) is 11.2 Å². The maximum atomic E-state index is 11.8. The van der Waals surface area contributed by atoms with Gasteiger partial charge in [0.25, 0.3) is 0 Å². The Bertz CT molecular complexity index is 275. The molecule has 0 saturated heterocycles. The second kappa shape index (κ2) is 3.75. The minimum absolute atomic E-state index is 0.145. The van der Waals surface area contributed by atoms with Gasteiger partial charge in [0.2, 0.25) is 0 Å². The third-order valence-electron chi connectivity index (χ3n) is 2.08. The molecule has 1 aromatic rings. The minimum atomic E-state index is -0.348. The van der Waals surface area contributed by atoms with E-state index in [0.717, 1.165) is 0 Å². The number of hydrogen-bond acceptors (Lipinski definition) is 2. The largest absolute Gasteiger partial charge is 0.359 e. The third kappa shape index (κ3) is 2.18. The fourth-order valence-electron chi connectivity index (χ4n) is 1.36. The van der Waals surface area contributed by atoms with Crippen LogP contribution in [0.1, 0.15) is 24.3 Å². The lowest BCUT2D eigenvalue weighted by Crippen LogP contribution is -2.34. The Labute approximate surface area is 78.5 Å². The molecule has 0 aromatic carbocycles. The van der Waals surface area contributed by atoms with E-state index in [2.05, 4.69) is 10.3 Å². The van der Waals surface area contributed by atoms with Gasteiger partial charge >= 0.3 is 0 Å². The van der Waals surface area contributed by atoms with Crippen molar-refractivity contribution in [3.63, 3.8) is 0 Å². The van der Waals surface area contributed by atoms with Gasteiger partial charge in [-0.1, -0.05) is 13.8 Å². The lowest BCUT2D eigenvalue weighted by Gasteiger charge is -2.21. The topological polar surface area (TPSA) is 44.9 Å². The van der Waals surface area contributed by atoms with E-state index < -0.39 is 0 Å². The highest BCUT2D eigenvalue weighted by Gasteiger charge is 2.28. The van der Waals surface area contributed by atoms with Crippen molar-refractivity contribution in [2.75, 3.05) is 13.6 Å². The van der Waals surface area contributed by atoms with Crippen molar-refractivity contribution in [2.45, 2.75) is 13.8 Å². The lowest BCUT2D eigenvalue weighted by atomic mass is 9.86. The van der Waals surface area contributed by atoms with Crippen LogP contribution >= 0.6 is 0 Å². The van der Waals surface area contributed by atoms with Crippen molar-refractivity contribution in [2.24, 2.45) is 5.41 Å². The molecule has 0 aliphatic rings. The number of carbonyl (C=O) groups excluding carboxylic acids is 1. The van der Waals surface area contributed by atoms with Gasteiger partial charge in [-0.3, -0.25) is 4.79 Å². The second-order valence-electron chi connectivity index (χ2n) is 3.83. The van der Waals surface area contributed by atoms with Gasteiger partial charge in [0.05, 0.1) is 5.69 Å². The Morgan fingerprint density at radius 3 is 2.77 bits per heavy atom. The average Bonchev–Trinajstić information content (AvgIpc) is 2.54. The molecule has 0 saturated carbocycles. The first-order chi connectivity index (χ1) is 6.08. The molecule has 0 unspecified atom stereocenters. The molecule has 0 aliphatic heterocycles. The van der Waals surface area contributed by atoms with Crippen molar-refractivity contribution in [1.29, 1.82) is 0 Å². The first kappa shape index (κ1) is 9.99. The molecule has 0 spiro atoms. The minimum Gasteiger partial charge on any atom is -0.359 e. The molecule has 13 heavy (non-hydrogen) atoms. The Morgan fingerprint density at radius 2 is 2.31 bits per heavy atom. The summed E-state index contributed by atoms with van der Waals surface area (Å²) < 4.78 is 0. The Hall–Kier alpha value is -1.09. The molecule has 1 heterocycles. The molecule has 0 amide bonds. The van der Waals surface area contributed by atoms with E-state index in [0.29, 0.717) is 12.2 Å². The summed E-state index contributed by atoms with van der Waals surface area (Å²) in [5.41, 5.74) is 0.333. The summed E-state index contributed by atoms with van der Waals surface area (Å²) in [5.74, 6) is 0.145. The molecule has 0 aliphatic carbocycles. The predicted octanol–water partition coefficient (Wildman–Crippen LogP) is 1.44. The van der Waals surface area contributed by atoms with Crippen LogP contribution in [0.15, 0.2) is 18.3 Å². The van der Waals surface area contributed by atoms with E-state index in [1.54, 1.807) is 12.3 Å². The van der Waals surface area contributed by atoms with Gasteiger partial charge in [0, 0.05) is 18.2 Å². The quantitative estimate of drug-likeness (QED) is 0.689. The first-order valence-electron chi connectivity index (χ1n) is 4.41. The Kier molecular flexibility index (Phi) is 2.88. The number of rotatable bonds is 4. The number of ketones is 1. The summed E-state index contributed by atoms with van der Waals surface area (Å²) in [4.78, 5) is 14.8. The molecule has 2 N–H and O–H groups in total. The number of carbonyl (C=O) groups is 1. The van der Waals surface area contributed by atoms with Crippen LogP contribution in [0.25, 0.3) is 0 Å². The summed E-state index contributed by atoms with van der Waals surface area (Å²) >= 11 is 0. The molecular weight excluding hydrogens is 164 g/mol. The number of Topliss-reactive ketones (excluding diaryl/α,β-unsaturated/α-hetero) is 1. The molecule has 1 rings (SSSR count). The van der Waals surface area contributed by atoms with E-state index in [1.165, 1.54) is 0 Å².